The zero-order chi connectivity index (χ0) is 19.8. The van der Waals surface area contributed by atoms with Crippen molar-refractivity contribution < 1.29 is 19.3 Å². The van der Waals surface area contributed by atoms with Gasteiger partial charge in [-0.05, 0) is 48.7 Å². The maximum atomic E-state index is 10.6. The maximum Gasteiger partial charge on any atom is 0.179 e. The average molecular weight is 394 g/mol. The summed E-state index contributed by atoms with van der Waals surface area (Å²) in [6.07, 6.45) is 0.254. The predicted molar refractivity (Wildman–Crippen MR) is 108 cm³/mol. The topological polar surface area (TPSA) is 60.0 Å². The molecule has 0 aliphatic rings. The lowest BCUT2D eigenvalue weighted by Crippen LogP contribution is -2.31. The van der Waals surface area contributed by atoms with Crippen LogP contribution in [0.5, 0.6) is 17.2 Å². The molecule has 0 saturated carbocycles. The van der Waals surface area contributed by atoms with Gasteiger partial charge < -0.3 is 24.6 Å². The lowest BCUT2D eigenvalue weighted by Gasteiger charge is -2.21. The minimum atomic E-state index is -0.638. The number of rotatable bonds is 10. The van der Waals surface area contributed by atoms with E-state index in [1.807, 2.05) is 50.2 Å². The Kier molecular flexibility index (Phi) is 8.23. The Morgan fingerprint density at radius 2 is 1.81 bits per heavy atom. The van der Waals surface area contributed by atoms with Gasteiger partial charge in [-0.15, -0.1) is 0 Å². The second-order valence-corrected chi connectivity index (χ2v) is 6.75. The zero-order valence-corrected chi connectivity index (χ0v) is 17.0. The highest BCUT2D eigenvalue weighted by Crippen LogP contribution is 2.36. The molecule has 2 atom stereocenters. The van der Waals surface area contributed by atoms with Crippen molar-refractivity contribution in [2.24, 2.45) is 0 Å². The standard InChI is InChI=1S/C21H28ClNO4/c1-5-10-27-21-18(22)11-15(12-19(21)26-4)13-23-14(2)20(24)16-6-8-17(25-3)9-7-16/h6-9,11-12,14,20,23-24H,5,10,13H2,1-4H3/t14-,20+/m1/s1. The van der Waals surface area contributed by atoms with Crippen molar-refractivity contribution in [1.29, 1.82) is 0 Å². The molecule has 0 bridgehead atoms. The van der Waals surface area contributed by atoms with E-state index < -0.39 is 6.10 Å². The Balaban J connectivity index is 2.02. The summed E-state index contributed by atoms with van der Waals surface area (Å²) in [6.45, 7) is 5.10. The van der Waals surface area contributed by atoms with Gasteiger partial charge in [0.15, 0.2) is 11.5 Å². The molecule has 0 amide bonds. The molecule has 0 fully saturated rings. The van der Waals surface area contributed by atoms with Crippen LogP contribution in [0.2, 0.25) is 5.02 Å². The summed E-state index contributed by atoms with van der Waals surface area (Å²) in [5.74, 6) is 1.94. The lowest BCUT2D eigenvalue weighted by atomic mass is 10.0. The van der Waals surface area contributed by atoms with E-state index in [0.717, 1.165) is 23.3 Å². The largest absolute Gasteiger partial charge is 0.497 e. The molecule has 6 heteroatoms. The first kappa shape index (κ1) is 21.4. The molecular formula is C21H28ClNO4. The summed E-state index contributed by atoms with van der Waals surface area (Å²) in [7, 11) is 3.21. The number of ether oxygens (including phenoxy) is 3. The number of halogens is 1. The van der Waals surface area contributed by atoms with E-state index in [2.05, 4.69) is 5.32 Å². The molecule has 2 N–H and O–H groups in total. The van der Waals surface area contributed by atoms with Crippen molar-refractivity contribution in [3.8, 4) is 17.2 Å². The van der Waals surface area contributed by atoms with Gasteiger partial charge in [0, 0.05) is 12.6 Å². The Morgan fingerprint density at radius 1 is 1.11 bits per heavy atom. The molecule has 0 spiro atoms. The molecule has 0 aliphatic heterocycles. The van der Waals surface area contributed by atoms with Crippen molar-refractivity contribution in [2.45, 2.75) is 39.0 Å². The van der Waals surface area contributed by atoms with Crippen LogP contribution >= 0.6 is 11.6 Å². The molecule has 0 aliphatic carbocycles. The first-order valence-corrected chi connectivity index (χ1v) is 9.42. The zero-order valence-electron chi connectivity index (χ0n) is 16.3. The molecular weight excluding hydrogens is 366 g/mol. The number of aliphatic hydroxyl groups is 1. The van der Waals surface area contributed by atoms with Gasteiger partial charge in [-0.25, -0.2) is 0 Å². The summed E-state index contributed by atoms with van der Waals surface area (Å²) in [4.78, 5) is 0. The van der Waals surface area contributed by atoms with Gasteiger partial charge >= 0.3 is 0 Å². The second kappa shape index (κ2) is 10.4. The molecule has 0 radical (unpaired) electrons. The monoisotopic (exact) mass is 393 g/mol. The molecule has 0 aromatic heterocycles. The van der Waals surface area contributed by atoms with Crippen LogP contribution in [0.25, 0.3) is 0 Å². The van der Waals surface area contributed by atoms with E-state index >= 15 is 0 Å². The molecule has 2 aromatic rings. The number of hydrogen-bond donors (Lipinski definition) is 2. The van der Waals surface area contributed by atoms with E-state index in [1.54, 1.807) is 14.2 Å². The van der Waals surface area contributed by atoms with Gasteiger partial charge in [0.1, 0.15) is 5.75 Å². The fourth-order valence-electron chi connectivity index (χ4n) is 2.70. The SMILES string of the molecule is CCCOc1c(Cl)cc(CN[C@H](C)[C@H](O)c2ccc(OC)cc2)cc1OC. The number of methoxy groups -OCH3 is 2. The highest BCUT2D eigenvalue weighted by molar-refractivity contribution is 6.32. The smallest absolute Gasteiger partial charge is 0.179 e. The fraction of sp³-hybridized carbons (Fsp3) is 0.429. The van der Waals surface area contributed by atoms with E-state index in [-0.39, 0.29) is 6.04 Å². The minimum Gasteiger partial charge on any atom is -0.497 e. The van der Waals surface area contributed by atoms with Crippen molar-refractivity contribution in [3.05, 3.63) is 52.5 Å². The summed E-state index contributed by atoms with van der Waals surface area (Å²) in [5.41, 5.74) is 1.78. The highest BCUT2D eigenvalue weighted by atomic mass is 35.5. The number of benzene rings is 2. The molecule has 0 saturated heterocycles. The Hall–Kier alpha value is -1.95. The van der Waals surface area contributed by atoms with E-state index in [1.165, 1.54) is 0 Å². The third kappa shape index (κ3) is 5.76. The third-order valence-corrected chi connectivity index (χ3v) is 4.58. The van der Waals surface area contributed by atoms with Crippen molar-refractivity contribution in [2.75, 3.05) is 20.8 Å². The summed E-state index contributed by atoms with van der Waals surface area (Å²) in [6, 6.07) is 11.0. The number of nitrogens with one attached hydrogen (secondary N) is 1. The average Bonchev–Trinajstić information content (AvgIpc) is 2.70. The second-order valence-electron chi connectivity index (χ2n) is 6.35. The summed E-state index contributed by atoms with van der Waals surface area (Å²) >= 11 is 6.36. The Bertz CT molecular complexity index is 721. The molecule has 0 unspecified atom stereocenters. The first-order chi connectivity index (χ1) is 13.0. The van der Waals surface area contributed by atoms with Crippen LogP contribution < -0.4 is 19.5 Å². The number of aliphatic hydroxyl groups excluding tert-OH is 1. The van der Waals surface area contributed by atoms with Crippen molar-refractivity contribution in [3.63, 3.8) is 0 Å². The summed E-state index contributed by atoms with van der Waals surface area (Å²) < 4.78 is 16.2. The normalized spacial score (nSPS) is 13.1. The molecule has 0 heterocycles. The Morgan fingerprint density at radius 3 is 2.41 bits per heavy atom. The summed E-state index contributed by atoms with van der Waals surface area (Å²) in [5, 5.41) is 14.4. The van der Waals surface area contributed by atoms with Crippen LogP contribution in [0.3, 0.4) is 0 Å². The quantitative estimate of drug-likeness (QED) is 0.628. The van der Waals surface area contributed by atoms with Crippen molar-refractivity contribution >= 4 is 11.6 Å². The van der Waals surface area contributed by atoms with Gasteiger partial charge in [0.2, 0.25) is 0 Å². The van der Waals surface area contributed by atoms with Gasteiger partial charge in [0.25, 0.3) is 0 Å². The van der Waals surface area contributed by atoms with Crippen LogP contribution in [0, 0.1) is 0 Å². The third-order valence-electron chi connectivity index (χ3n) is 4.30. The minimum absolute atomic E-state index is 0.154. The molecule has 27 heavy (non-hydrogen) atoms. The van der Waals surface area contributed by atoms with Crippen LogP contribution in [0.1, 0.15) is 37.5 Å². The van der Waals surface area contributed by atoms with Gasteiger partial charge in [-0.1, -0.05) is 30.7 Å². The molecule has 148 valence electrons. The number of hydrogen-bond acceptors (Lipinski definition) is 5. The van der Waals surface area contributed by atoms with Crippen molar-refractivity contribution in [1.82, 2.24) is 5.32 Å². The van der Waals surface area contributed by atoms with Gasteiger partial charge in [0.05, 0.1) is 32.0 Å². The van der Waals surface area contributed by atoms with Crippen LogP contribution in [0.15, 0.2) is 36.4 Å². The molecule has 5 nitrogen and oxygen atoms in total. The van der Waals surface area contributed by atoms with E-state index in [4.69, 9.17) is 25.8 Å². The van der Waals surface area contributed by atoms with Crippen LogP contribution in [-0.4, -0.2) is 32.0 Å². The maximum absolute atomic E-state index is 10.6. The van der Waals surface area contributed by atoms with Crippen LogP contribution in [-0.2, 0) is 6.54 Å². The fourth-order valence-corrected chi connectivity index (χ4v) is 2.99. The first-order valence-electron chi connectivity index (χ1n) is 9.04. The highest BCUT2D eigenvalue weighted by Gasteiger charge is 2.17. The van der Waals surface area contributed by atoms with E-state index in [9.17, 15) is 5.11 Å². The Labute approximate surface area is 166 Å². The van der Waals surface area contributed by atoms with Crippen LogP contribution in [0.4, 0.5) is 0 Å². The van der Waals surface area contributed by atoms with Gasteiger partial charge in [-0.3, -0.25) is 0 Å². The molecule has 2 rings (SSSR count). The lowest BCUT2D eigenvalue weighted by molar-refractivity contribution is 0.135. The predicted octanol–water partition coefficient (Wildman–Crippen LogP) is 4.36. The van der Waals surface area contributed by atoms with E-state index in [0.29, 0.717) is 29.7 Å². The van der Waals surface area contributed by atoms with Gasteiger partial charge in [-0.2, -0.15) is 0 Å². The molecule has 2 aromatic carbocycles.